The van der Waals surface area contributed by atoms with Crippen molar-refractivity contribution in [3.8, 4) is 0 Å². The SMILES string of the molecule is CC(C)(C)C(C(=O)O)N1C(=O)c2c(Cl)c(Cl)c(Cl)c(Cl)c2C1=O.CC(C)(C)[C@@H](C(=O)O)N1C(=O)c2c(Cl)c(Cl)c(Cl)c(Cl)c2C1=O.CC(C)(C)[C@@H](C(=O)O)N1C(=O)c2c(Cl)c(Cl)c(Cl)c(Cl)c2C1=O.CC(C)(C)[C@@H](C(=O)O)N1C(=O)c2c(Cl)c(Cl)c(Cl)c(Cl)c2C1=O.[Rh].[Rh]. The third-order valence-electron chi connectivity index (χ3n) is 13.8. The van der Waals surface area contributed by atoms with Gasteiger partial charge in [0, 0.05) is 39.0 Å². The predicted molar refractivity (Wildman–Crippen MR) is 351 cm³/mol. The second kappa shape index (κ2) is 30.6. The molecule has 4 atom stereocenters. The smallest absolute Gasteiger partial charge is 0.327 e. The largest absolute Gasteiger partial charge is 0.480 e. The molecule has 20 nitrogen and oxygen atoms in total. The Morgan fingerprint density at radius 2 is 0.319 bits per heavy atom. The summed E-state index contributed by atoms with van der Waals surface area (Å²) in [5.41, 5.74) is -5.48. The molecule has 4 aliphatic rings. The van der Waals surface area contributed by atoms with Crippen LogP contribution in [0, 0.1) is 21.7 Å². The van der Waals surface area contributed by atoms with Crippen LogP contribution in [-0.2, 0) is 58.1 Å². The number of carbonyl (C=O) groups is 12. The van der Waals surface area contributed by atoms with Crippen LogP contribution >= 0.6 is 186 Å². The predicted octanol–water partition coefficient (Wildman–Crippen LogP) is 17.6. The van der Waals surface area contributed by atoms with Crippen LogP contribution in [0.2, 0.25) is 80.4 Å². The number of carboxylic acids is 4. The van der Waals surface area contributed by atoms with Gasteiger partial charge in [0.15, 0.2) is 0 Å². The Kier molecular flexibility index (Phi) is 27.8. The fourth-order valence-corrected chi connectivity index (χ4v) is 13.9. The zero-order valence-electron chi connectivity index (χ0n) is 49.5. The quantitative estimate of drug-likeness (QED) is 0.0551. The molecule has 4 aromatic carbocycles. The molecule has 8 rings (SSSR count). The van der Waals surface area contributed by atoms with E-state index >= 15 is 0 Å². The number of halogens is 16. The third-order valence-corrected chi connectivity index (χ3v) is 21.0. The number of fused-ring (bicyclic) bond motifs is 4. The number of hydrogen-bond acceptors (Lipinski definition) is 12. The molecule has 0 saturated heterocycles. The molecular formula is C56H44Cl16N4O16Rh2. The molecule has 0 bridgehead atoms. The van der Waals surface area contributed by atoms with Crippen LogP contribution in [0.5, 0.6) is 0 Å². The van der Waals surface area contributed by atoms with Crippen molar-refractivity contribution in [2.24, 2.45) is 21.7 Å². The maximum Gasteiger partial charge on any atom is 0.327 e. The van der Waals surface area contributed by atoms with E-state index in [9.17, 15) is 78.0 Å². The van der Waals surface area contributed by atoms with Gasteiger partial charge in [-0.25, -0.2) is 19.2 Å². The molecule has 0 saturated carbocycles. The van der Waals surface area contributed by atoms with Gasteiger partial charge < -0.3 is 20.4 Å². The molecule has 2 radical (unpaired) electrons. The van der Waals surface area contributed by atoms with Crippen LogP contribution in [0.1, 0.15) is 166 Å². The third kappa shape index (κ3) is 15.3. The van der Waals surface area contributed by atoms with Gasteiger partial charge in [-0.2, -0.15) is 0 Å². The number of imide groups is 4. The van der Waals surface area contributed by atoms with E-state index in [1.807, 2.05) is 0 Å². The van der Waals surface area contributed by atoms with E-state index in [0.717, 1.165) is 0 Å². The van der Waals surface area contributed by atoms with Gasteiger partial charge in [-0.3, -0.25) is 58.0 Å². The van der Waals surface area contributed by atoms with Gasteiger partial charge in [0.2, 0.25) is 0 Å². The zero-order chi connectivity index (χ0) is 71.4. The van der Waals surface area contributed by atoms with E-state index in [1.54, 1.807) is 83.1 Å². The molecule has 4 N–H and O–H groups in total. The first-order chi connectivity index (χ1) is 41.6. The molecule has 94 heavy (non-hydrogen) atoms. The van der Waals surface area contributed by atoms with Crippen molar-refractivity contribution in [2.45, 2.75) is 107 Å². The molecule has 0 aliphatic carbocycles. The summed E-state index contributed by atoms with van der Waals surface area (Å²) in [6.45, 7) is 19.1. The molecule has 0 fully saturated rings. The van der Waals surface area contributed by atoms with E-state index in [4.69, 9.17) is 186 Å². The van der Waals surface area contributed by atoms with Crippen LogP contribution < -0.4 is 0 Å². The Morgan fingerprint density at radius 3 is 0.383 bits per heavy atom. The second-order valence-corrected chi connectivity index (χ2v) is 30.4. The van der Waals surface area contributed by atoms with E-state index in [0.29, 0.717) is 19.6 Å². The van der Waals surface area contributed by atoms with Crippen molar-refractivity contribution in [3.05, 3.63) is 125 Å². The molecule has 4 aromatic rings. The Morgan fingerprint density at radius 1 is 0.234 bits per heavy atom. The van der Waals surface area contributed by atoms with Crippen molar-refractivity contribution >= 4 is 257 Å². The van der Waals surface area contributed by atoms with Gasteiger partial charge in [0.05, 0.1) is 125 Å². The summed E-state index contributed by atoms with van der Waals surface area (Å²) in [4.78, 5) is 150. The van der Waals surface area contributed by atoms with Crippen LogP contribution in [0.15, 0.2) is 0 Å². The summed E-state index contributed by atoms with van der Waals surface area (Å²) < 4.78 is 0. The van der Waals surface area contributed by atoms with Crippen LogP contribution in [0.25, 0.3) is 0 Å². The molecule has 8 amide bonds. The van der Waals surface area contributed by atoms with Gasteiger partial charge in [-0.15, -0.1) is 0 Å². The number of carbonyl (C=O) groups excluding carboxylic acids is 8. The average Bonchev–Trinajstić information content (AvgIpc) is 1.61. The maximum absolute atomic E-state index is 12.6. The number of carboxylic acid groups (broad SMARTS) is 4. The van der Waals surface area contributed by atoms with Crippen LogP contribution in [0.3, 0.4) is 0 Å². The minimum atomic E-state index is -1.40. The van der Waals surface area contributed by atoms with Crippen molar-refractivity contribution in [3.63, 3.8) is 0 Å². The van der Waals surface area contributed by atoms with Crippen LogP contribution in [0.4, 0.5) is 0 Å². The molecule has 514 valence electrons. The molecule has 4 aliphatic heterocycles. The van der Waals surface area contributed by atoms with Crippen molar-refractivity contribution in [1.29, 1.82) is 0 Å². The summed E-state index contributed by atoms with van der Waals surface area (Å²) in [7, 11) is 0. The number of nitrogens with zero attached hydrogens (tertiary/aromatic N) is 4. The van der Waals surface area contributed by atoms with Gasteiger partial charge in [0.1, 0.15) is 24.2 Å². The first kappa shape index (κ1) is 85.4. The van der Waals surface area contributed by atoms with Crippen molar-refractivity contribution in [2.75, 3.05) is 0 Å². The molecule has 0 aromatic heterocycles. The molecule has 38 heteroatoms. The first-order valence-electron chi connectivity index (χ1n) is 25.5. The summed E-state index contributed by atoms with van der Waals surface area (Å²) in [5, 5.41) is 34.7. The normalized spacial score (nSPS) is 15.5. The molecule has 0 spiro atoms. The topological polar surface area (TPSA) is 299 Å². The molecule has 1 unspecified atom stereocenters. The standard InChI is InChI=1S/4C14H11Cl4NO4.2Rh/c4*1-14(2,3)10(13(22)23)19-11(20)4-5(12(19)21)7(16)9(18)8(17)6(4)15;;/h4*10H,1-3H3,(H,22,23);;/t3*10-;;;/m111.../s1. The van der Waals surface area contributed by atoms with Crippen molar-refractivity contribution < 1.29 is 117 Å². The number of benzene rings is 4. The number of hydrogen-bond donors (Lipinski definition) is 4. The number of aliphatic carboxylic acids is 4. The monoisotopic (exact) mass is 1790 g/mol. The van der Waals surface area contributed by atoms with Crippen molar-refractivity contribution in [1.82, 2.24) is 19.6 Å². The first-order valence-corrected chi connectivity index (χ1v) is 31.5. The van der Waals surface area contributed by atoms with E-state index in [1.165, 1.54) is 0 Å². The van der Waals surface area contributed by atoms with Gasteiger partial charge >= 0.3 is 23.9 Å². The Labute approximate surface area is 640 Å². The Balaban J connectivity index is 0.000000325. The second-order valence-electron chi connectivity index (χ2n) is 24.4. The van der Waals surface area contributed by atoms with Gasteiger partial charge in [-0.05, 0) is 21.7 Å². The average molecular weight is 1800 g/mol. The van der Waals surface area contributed by atoms with Gasteiger partial charge in [0.25, 0.3) is 47.3 Å². The molecule has 4 heterocycles. The summed E-state index contributed by atoms with van der Waals surface area (Å²) >= 11 is 95.4. The Hall–Kier alpha value is -2.79. The zero-order valence-corrected chi connectivity index (χ0v) is 64.9. The fraction of sp³-hybridized carbons (Fsp3) is 0.357. The minimum Gasteiger partial charge on any atom is -0.480 e. The summed E-state index contributed by atoms with van der Waals surface area (Å²) in [5.74, 6) is -12.2. The minimum absolute atomic E-state index is 0. The van der Waals surface area contributed by atoms with E-state index < -0.39 is 117 Å². The molecular weight excluding hydrogens is 1760 g/mol. The Bertz CT molecular complexity index is 3350. The summed E-state index contributed by atoms with van der Waals surface area (Å²) in [6, 6.07) is -5.61. The summed E-state index contributed by atoms with van der Waals surface area (Å²) in [6.07, 6.45) is 0. The van der Waals surface area contributed by atoms with E-state index in [-0.39, 0.29) is 164 Å². The fourth-order valence-electron chi connectivity index (χ4n) is 9.88. The number of rotatable bonds is 8. The van der Waals surface area contributed by atoms with Gasteiger partial charge in [-0.1, -0.05) is 269 Å². The van der Waals surface area contributed by atoms with E-state index in [2.05, 4.69) is 0 Å². The maximum atomic E-state index is 12.6. The van der Waals surface area contributed by atoms with Crippen LogP contribution in [-0.4, -0.2) is 135 Å². The number of amides is 8.